The third kappa shape index (κ3) is 1.70. The van der Waals surface area contributed by atoms with Crippen LogP contribution in [0.5, 0.6) is 0 Å². The lowest BCUT2D eigenvalue weighted by atomic mass is 10.0. The molecule has 1 aromatic rings. The summed E-state index contributed by atoms with van der Waals surface area (Å²) in [4.78, 5) is 0. The predicted octanol–water partition coefficient (Wildman–Crippen LogP) is 0.499. The second kappa shape index (κ2) is 3.57. The van der Waals surface area contributed by atoms with Crippen molar-refractivity contribution in [3.8, 4) is 0 Å². The van der Waals surface area contributed by atoms with Gasteiger partial charge < -0.3 is 10.5 Å². The van der Waals surface area contributed by atoms with Crippen LogP contribution >= 0.6 is 0 Å². The van der Waals surface area contributed by atoms with Gasteiger partial charge in [-0.05, 0) is 18.4 Å². The monoisotopic (exact) mass is 180 g/mol. The van der Waals surface area contributed by atoms with Gasteiger partial charge in [-0.15, -0.1) is 0 Å². The number of nitrogens with zero attached hydrogens (tertiary/aromatic N) is 2. The highest BCUT2D eigenvalue weighted by molar-refractivity contribution is 5.18. The highest BCUT2D eigenvalue weighted by Crippen LogP contribution is 2.23. The zero-order chi connectivity index (χ0) is 9.10. The molecule has 5 nitrogen and oxygen atoms in total. The highest BCUT2D eigenvalue weighted by Gasteiger charge is 2.16. The van der Waals surface area contributed by atoms with E-state index in [0.717, 1.165) is 30.7 Å². The maximum atomic E-state index is 5.94. The van der Waals surface area contributed by atoms with Crippen molar-refractivity contribution >= 4 is 0 Å². The number of hydrogen-bond acceptors (Lipinski definition) is 4. The minimum absolute atomic E-state index is 0.181. The SMILES string of the molecule is NC(C1=COCCC1)c1cn[nH]n1. The van der Waals surface area contributed by atoms with Crippen molar-refractivity contribution in [1.29, 1.82) is 0 Å². The Morgan fingerprint density at radius 3 is 3.15 bits per heavy atom. The van der Waals surface area contributed by atoms with Crippen molar-refractivity contribution in [1.82, 2.24) is 15.4 Å². The normalized spacial score (nSPS) is 19.0. The first-order valence-corrected chi connectivity index (χ1v) is 4.29. The van der Waals surface area contributed by atoms with Crippen molar-refractivity contribution in [2.24, 2.45) is 5.73 Å². The molecule has 1 unspecified atom stereocenters. The van der Waals surface area contributed by atoms with E-state index in [1.54, 1.807) is 12.5 Å². The summed E-state index contributed by atoms with van der Waals surface area (Å²) >= 11 is 0. The molecule has 0 saturated carbocycles. The lowest BCUT2D eigenvalue weighted by Crippen LogP contribution is -2.16. The molecule has 0 aliphatic carbocycles. The van der Waals surface area contributed by atoms with Crippen LogP contribution in [0.25, 0.3) is 0 Å². The van der Waals surface area contributed by atoms with Crippen LogP contribution in [0.1, 0.15) is 24.6 Å². The lowest BCUT2D eigenvalue weighted by Gasteiger charge is -2.17. The molecular formula is C8H12N4O. The molecule has 0 saturated heterocycles. The Bertz CT molecular complexity index is 293. The summed E-state index contributed by atoms with van der Waals surface area (Å²) < 4.78 is 5.20. The van der Waals surface area contributed by atoms with Crippen LogP contribution in [0, 0.1) is 0 Å². The topological polar surface area (TPSA) is 76.8 Å². The maximum absolute atomic E-state index is 5.94. The third-order valence-electron chi connectivity index (χ3n) is 2.11. The summed E-state index contributed by atoms with van der Waals surface area (Å²) in [5.41, 5.74) is 7.79. The molecule has 1 aliphatic rings. The second-order valence-electron chi connectivity index (χ2n) is 3.04. The van der Waals surface area contributed by atoms with E-state index >= 15 is 0 Å². The van der Waals surface area contributed by atoms with Gasteiger partial charge in [-0.2, -0.15) is 15.4 Å². The number of H-pyrrole nitrogens is 1. The van der Waals surface area contributed by atoms with Crippen molar-refractivity contribution < 1.29 is 4.74 Å². The number of ether oxygens (including phenoxy) is 1. The van der Waals surface area contributed by atoms with Gasteiger partial charge in [-0.3, -0.25) is 0 Å². The minimum Gasteiger partial charge on any atom is -0.501 e. The summed E-state index contributed by atoms with van der Waals surface area (Å²) in [5, 5.41) is 10.2. The summed E-state index contributed by atoms with van der Waals surface area (Å²) in [5.74, 6) is 0. The molecule has 0 fully saturated rings. The van der Waals surface area contributed by atoms with Gasteiger partial charge in [0.25, 0.3) is 0 Å². The Kier molecular flexibility index (Phi) is 2.27. The summed E-state index contributed by atoms with van der Waals surface area (Å²) in [6.07, 6.45) is 5.38. The molecule has 5 heteroatoms. The van der Waals surface area contributed by atoms with Crippen molar-refractivity contribution in [3.63, 3.8) is 0 Å². The summed E-state index contributed by atoms with van der Waals surface area (Å²) in [6.45, 7) is 0.787. The van der Waals surface area contributed by atoms with E-state index in [1.165, 1.54) is 0 Å². The van der Waals surface area contributed by atoms with Crippen LogP contribution in [0.3, 0.4) is 0 Å². The molecule has 1 aromatic heterocycles. The van der Waals surface area contributed by atoms with Crippen LogP contribution in [0.2, 0.25) is 0 Å². The number of hydrogen-bond donors (Lipinski definition) is 2. The second-order valence-corrected chi connectivity index (χ2v) is 3.04. The number of nitrogens with two attached hydrogens (primary N) is 1. The first kappa shape index (κ1) is 8.25. The Labute approximate surface area is 76.0 Å². The Morgan fingerprint density at radius 1 is 1.62 bits per heavy atom. The van der Waals surface area contributed by atoms with Gasteiger partial charge in [-0.1, -0.05) is 0 Å². The molecule has 2 heterocycles. The van der Waals surface area contributed by atoms with Crippen molar-refractivity contribution in [3.05, 3.63) is 23.7 Å². The number of aromatic nitrogens is 3. The average Bonchev–Trinajstić information content (AvgIpc) is 2.71. The molecule has 0 amide bonds. The van der Waals surface area contributed by atoms with Gasteiger partial charge in [0.2, 0.25) is 0 Å². The van der Waals surface area contributed by atoms with Crippen LogP contribution < -0.4 is 5.73 Å². The molecule has 3 N–H and O–H groups in total. The molecule has 70 valence electrons. The van der Waals surface area contributed by atoms with E-state index in [0.29, 0.717) is 0 Å². The summed E-state index contributed by atoms with van der Waals surface area (Å²) in [6, 6.07) is -0.181. The van der Waals surface area contributed by atoms with E-state index in [-0.39, 0.29) is 6.04 Å². The first-order valence-electron chi connectivity index (χ1n) is 4.29. The zero-order valence-electron chi connectivity index (χ0n) is 7.23. The van der Waals surface area contributed by atoms with E-state index in [1.807, 2.05) is 0 Å². The average molecular weight is 180 g/mol. The van der Waals surface area contributed by atoms with Crippen LogP contribution in [-0.4, -0.2) is 22.0 Å². The van der Waals surface area contributed by atoms with Gasteiger partial charge in [0, 0.05) is 0 Å². The van der Waals surface area contributed by atoms with Crippen molar-refractivity contribution in [2.45, 2.75) is 18.9 Å². The number of nitrogens with one attached hydrogen (secondary N) is 1. The van der Waals surface area contributed by atoms with Crippen LogP contribution in [-0.2, 0) is 4.74 Å². The van der Waals surface area contributed by atoms with Crippen LogP contribution in [0.15, 0.2) is 18.0 Å². The number of rotatable bonds is 2. The standard InChI is InChI=1S/C8H12N4O/c9-8(7-4-10-12-11-7)6-2-1-3-13-5-6/h4-5,8H,1-3,9H2,(H,10,11,12). The quantitative estimate of drug-likeness (QED) is 0.694. The van der Waals surface area contributed by atoms with E-state index in [9.17, 15) is 0 Å². The molecule has 0 aromatic carbocycles. The predicted molar refractivity (Wildman–Crippen MR) is 46.6 cm³/mol. The van der Waals surface area contributed by atoms with Gasteiger partial charge in [-0.25, -0.2) is 0 Å². The lowest BCUT2D eigenvalue weighted by molar-refractivity contribution is 0.221. The molecular weight excluding hydrogens is 168 g/mol. The molecule has 1 atom stereocenters. The van der Waals surface area contributed by atoms with Crippen LogP contribution in [0.4, 0.5) is 0 Å². The molecule has 0 spiro atoms. The largest absolute Gasteiger partial charge is 0.501 e. The van der Waals surface area contributed by atoms with Crippen molar-refractivity contribution in [2.75, 3.05) is 6.61 Å². The maximum Gasteiger partial charge on any atom is 0.103 e. The fraction of sp³-hybridized carbons (Fsp3) is 0.500. The molecule has 0 bridgehead atoms. The Morgan fingerprint density at radius 2 is 2.54 bits per heavy atom. The smallest absolute Gasteiger partial charge is 0.103 e. The van der Waals surface area contributed by atoms with Gasteiger partial charge in [0.05, 0.1) is 25.1 Å². The van der Waals surface area contributed by atoms with E-state index in [4.69, 9.17) is 10.5 Å². The zero-order valence-corrected chi connectivity index (χ0v) is 7.23. The molecule has 2 rings (SSSR count). The molecule has 13 heavy (non-hydrogen) atoms. The Hall–Kier alpha value is -1.36. The molecule has 0 radical (unpaired) electrons. The first-order chi connectivity index (χ1) is 6.38. The van der Waals surface area contributed by atoms with E-state index < -0.39 is 0 Å². The van der Waals surface area contributed by atoms with Gasteiger partial charge in [0.15, 0.2) is 0 Å². The fourth-order valence-electron chi connectivity index (χ4n) is 1.36. The van der Waals surface area contributed by atoms with Gasteiger partial charge in [0.1, 0.15) is 5.69 Å². The van der Waals surface area contributed by atoms with Gasteiger partial charge >= 0.3 is 0 Å². The van der Waals surface area contributed by atoms with E-state index in [2.05, 4.69) is 15.4 Å². The third-order valence-corrected chi connectivity index (χ3v) is 2.11. The Balaban J connectivity index is 2.12. The minimum atomic E-state index is -0.181. The fourth-order valence-corrected chi connectivity index (χ4v) is 1.36. The summed E-state index contributed by atoms with van der Waals surface area (Å²) in [7, 11) is 0. The molecule has 1 aliphatic heterocycles. The number of aromatic amines is 1. The highest BCUT2D eigenvalue weighted by atomic mass is 16.5.